The number of piperidine rings is 1. The largest absolute Gasteiger partial charge is 0.337 e. The smallest absolute Gasteiger partial charge is 0.277 e. The minimum Gasteiger partial charge on any atom is -0.337 e. The molecule has 170 valence electrons. The third kappa shape index (κ3) is 3.51. The monoisotopic (exact) mass is 446 g/mol. The summed E-state index contributed by atoms with van der Waals surface area (Å²) in [6, 6.07) is 7.06. The van der Waals surface area contributed by atoms with E-state index in [4.69, 9.17) is 4.98 Å². The molecule has 3 aliphatic rings. The molecule has 0 aromatic carbocycles. The minimum absolute atomic E-state index is 0.104. The highest BCUT2D eigenvalue weighted by Gasteiger charge is 2.36. The van der Waals surface area contributed by atoms with Crippen LogP contribution in [0.1, 0.15) is 65.6 Å². The maximum absolute atomic E-state index is 13.3. The van der Waals surface area contributed by atoms with Gasteiger partial charge in [0.25, 0.3) is 11.5 Å². The van der Waals surface area contributed by atoms with Gasteiger partial charge < -0.3 is 9.80 Å². The number of nitrogens with one attached hydrogen (secondary N) is 1. The van der Waals surface area contributed by atoms with Crippen molar-refractivity contribution < 1.29 is 9.59 Å². The lowest BCUT2D eigenvalue weighted by molar-refractivity contribution is -0.133. The van der Waals surface area contributed by atoms with E-state index >= 15 is 0 Å². The normalized spacial score (nSPS) is 20.7. The summed E-state index contributed by atoms with van der Waals surface area (Å²) in [5.41, 5.74) is 2.99. The summed E-state index contributed by atoms with van der Waals surface area (Å²) in [5.74, 6) is 0.188. The molecule has 1 saturated heterocycles. The predicted molar refractivity (Wildman–Crippen MR) is 120 cm³/mol. The maximum Gasteiger partial charge on any atom is 0.277 e. The topological polar surface area (TPSA) is 104 Å². The van der Waals surface area contributed by atoms with E-state index in [0.29, 0.717) is 43.0 Å². The van der Waals surface area contributed by atoms with Crippen LogP contribution in [-0.2, 0) is 17.8 Å². The summed E-state index contributed by atoms with van der Waals surface area (Å²) >= 11 is 0. The summed E-state index contributed by atoms with van der Waals surface area (Å²) in [6.07, 6.45) is 6.87. The molecule has 1 N–H and O–H groups in total. The van der Waals surface area contributed by atoms with Gasteiger partial charge in [-0.3, -0.25) is 24.5 Å². The standard InChI is InChI=1S/C24H26N6O3/c31-22(15-7-8-15)28-12-9-17-16(14-28)23(32)30-21(26-17)13-19(27-30)20-6-2-4-11-29(20)24(33)18-5-1-3-10-25-18/h1,3,5,10,13,15,20,27H,2,4,6-9,11-12,14H2/t20-/m1/s1. The molecule has 33 heavy (non-hydrogen) atoms. The summed E-state index contributed by atoms with van der Waals surface area (Å²) in [7, 11) is 0. The van der Waals surface area contributed by atoms with Gasteiger partial charge in [-0.05, 0) is 44.2 Å². The number of rotatable bonds is 3. The SMILES string of the molecule is O=C(C1CC1)N1CCc2nc3cc([C@H]4CCCCN4C(=O)c4ccccn4)[nH]n3c(=O)c2C1. The molecule has 0 spiro atoms. The Morgan fingerprint density at radius 2 is 1.97 bits per heavy atom. The van der Waals surface area contributed by atoms with Crippen LogP contribution in [0.2, 0.25) is 0 Å². The highest BCUT2D eigenvalue weighted by atomic mass is 16.2. The van der Waals surface area contributed by atoms with E-state index in [1.165, 1.54) is 4.52 Å². The molecule has 2 fully saturated rings. The molecule has 1 aliphatic carbocycles. The average molecular weight is 447 g/mol. The molecule has 3 aromatic rings. The Balaban J connectivity index is 1.34. The number of hydrogen-bond acceptors (Lipinski definition) is 5. The molecular formula is C24H26N6O3. The van der Waals surface area contributed by atoms with Crippen LogP contribution >= 0.6 is 0 Å². The molecule has 3 aromatic heterocycles. The lowest BCUT2D eigenvalue weighted by Crippen LogP contribution is -2.41. The van der Waals surface area contributed by atoms with E-state index in [-0.39, 0.29) is 29.3 Å². The van der Waals surface area contributed by atoms with Gasteiger partial charge in [-0.2, -0.15) is 0 Å². The van der Waals surface area contributed by atoms with Crippen molar-refractivity contribution in [3.63, 3.8) is 0 Å². The molecule has 9 heteroatoms. The summed E-state index contributed by atoms with van der Waals surface area (Å²) in [6.45, 7) is 1.57. The lowest BCUT2D eigenvalue weighted by atomic mass is 9.99. The predicted octanol–water partition coefficient (Wildman–Crippen LogP) is 2.08. The Morgan fingerprint density at radius 1 is 1.09 bits per heavy atom. The van der Waals surface area contributed by atoms with Crippen LogP contribution < -0.4 is 5.56 Å². The second kappa shape index (κ2) is 7.83. The van der Waals surface area contributed by atoms with Crippen molar-refractivity contribution in [3.05, 3.63) is 63.5 Å². The third-order valence-corrected chi connectivity index (χ3v) is 7.03. The molecule has 2 aliphatic heterocycles. The Hall–Kier alpha value is -3.49. The van der Waals surface area contributed by atoms with Gasteiger partial charge in [-0.15, -0.1) is 0 Å². The van der Waals surface area contributed by atoms with E-state index in [1.54, 1.807) is 23.2 Å². The Kier molecular flexibility index (Phi) is 4.78. The van der Waals surface area contributed by atoms with Gasteiger partial charge in [-0.1, -0.05) is 6.07 Å². The molecule has 0 bridgehead atoms. The second-order valence-electron chi connectivity index (χ2n) is 9.26. The first-order valence-electron chi connectivity index (χ1n) is 11.7. The quantitative estimate of drug-likeness (QED) is 0.664. The number of aromatic nitrogens is 4. The number of likely N-dealkylation sites (tertiary alicyclic amines) is 1. The van der Waals surface area contributed by atoms with Gasteiger partial charge in [0.15, 0.2) is 5.65 Å². The molecule has 9 nitrogen and oxygen atoms in total. The van der Waals surface area contributed by atoms with E-state index in [2.05, 4.69) is 10.1 Å². The van der Waals surface area contributed by atoms with E-state index in [0.717, 1.165) is 43.5 Å². The summed E-state index contributed by atoms with van der Waals surface area (Å²) < 4.78 is 1.47. The van der Waals surface area contributed by atoms with Crippen molar-refractivity contribution in [3.8, 4) is 0 Å². The van der Waals surface area contributed by atoms with Crippen LogP contribution in [-0.4, -0.2) is 54.3 Å². The Labute approximate surface area is 190 Å². The Morgan fingerprint density at radius 3 is 2.76 bits per heavy atom. The number of H-pyrrole nitrogens is 1. The Bertz CT molecular complexity index is 1290. The van der Waals surface area contributed by atoms with Crippen LogP contribution in [0.4, 0.5) is 0 Å². The molecule has 0 unspecified atom stereocenters. The first-order valence-corrected chi connectivity index (χ1v) is 11.7. The second-order valence-corrected chi connectivity index (χ2v) is 9.26. The molecule has 2 amide bonds. The molecule has 6 rings (SSSR count). The first kappa shape index (κ1) is 20.1. The average Bonchev–Trinajstić information content (AvgIpc) is 3.63. The zero-order chi connectivity index (χ0) is 22.5. The fourth-order valence-electron chi connectivity index (χ4n) is 5.08. The lowest BCUT2D eigenvalue weighted by Gasteiger charge is -2.34. The maximum atomic E-state index is 13.3. The molecule has 1 saturated carbocycles. The number of aromatic amines is 1. The van der Waals surface area contributed by atoms with E-state index in [1.807, 2.05) is 17.0 Å². The highest BCUT2D eigenvalue weighted by molar-refractivity contribution is 5.92. The van der Waals surface area contributed by atoms with Gasteiger partial charge in [-0.25, -0.2) is 9.50 Å². The van der Waals surface area contributed by atoms with Gasteiger partial charge in [0.1, 0.15) is 5.69 Å². The van der Waals surface area contributed by atoms with Crippen molar-refractivity contribution in [1.29, 1.82) is 0 Å². The van der Waals surface area contributed by atoms with Gasteiger partial charge in [0, 0.05) is 37.7 Å². The highest BCUT2D eigenvalue weighted by Crippen LogP contribution is 2.33. The number of nitrogens with zero attached hydrogens (tertiary/aromatic N) is 5. The van der Waals surface area contributed by atoms with E-state index in [9.17, 15) is 14.4 Å². The van der Waals surface area contributed by atoms with Gasteiger partial charge in [0.05, 0.1) is 29.5 Å². The summed E-state index contributed by atoms with van der Waals surface area (Å²) in [5, 5.41) is 3.22. The van der Waals surface area contributed by atoms with Crippen LogP contribution in [0, 0.1) is 5.92 Å². The number of fused-ring (bicyclic) bond motifs is 2. The van der Waals surface area contributed by atoms with Crippen LogP contribution in [0.3, 0.4) is 0 Å². The van der Waals surface area contributed by atoms with Crippen LogP contribution in [0.15, 0.2) is 35.3 Å². The van der Waals surface area contributed by atoms with Crippen LogP contribution in [0.5, 0.6) is 0 Å². The van der Waals surface area contributed by atoms with Crippen LogP contribution in [0.25, 0.3) is 5.65 Å². The molecule has 1 atom stereocenters. The first-order chi connectivity index (χ1) is 16.1. The zero-order valence-electron chi connectivity index (χ0n) is 18.4. The van der Waals surface area contributed by atoms with Gasteiger partial charge >= 0.3 is 0 Å². The van der Waals surface area contributed by atoms with Crippen molar-refractivity contribution in [1.82, 2.24) is 29.4 Å². The third-order valence-electron chi connectivity index (χ3n) is 7.03. The minimum atomic E-state index is -0.167. The van der Waals surface area contributed by atoms with Crippen molar-refractivity contribution >= 4 is 17.5 Å². The number of carbonyl (C=O) groups is 2. The van der Waals surface area contributed by atoms with Crippen molar-refractivity contribution in [2.45, 2.75) is 51.1 Å². The molecule has 0 radical (unpaired) electrons. The van der Waals surface area contributed by atoms with Crippen molar-refractivity contribution in [2.24, 2.45) is 5.92 Å². The zero-order valence-corrected chi connectivity index (χ0v) is 18.4. The number of carbonyl (C=O) groups excluding carboxylic acids is 2. The fraction of sp³-hybridized carbons (Fsp3) is 0.458. The number of pyridine rings is 1. The molecule has 5 heterocycles. The number of hydrogen-bond donors (Lipinski definition) is 1. The van der Waals surface area contributed by atoms with Crippen molar-refractivity contribution in [2.75, 3.05) is 13.1 Å². The summed E-state index contributed by atoms with van der Waals surface area (Å²) in [4.78, 5) is 51.6. The number of amides is 2. The van der Waals surface area contributed by atoms with Gasteiger partial charge in [0.2, 0.25) is 5.91 Å². The van der Waals surface area contributed by atoms with E-state index < -0.39 is 0 Å². The molecular weight excluding hydrogens is 420 g/mol. The fourth-order valence-corrected chi connectivity index (χ4v) is 5.08.